The molecule has 104 valence electrons. The fourth-order valence-corrected chi connectivity index (χ4v) is 2.45. The van der Waals surface area contributed by atoms with Gasteiger partial charge in [-0.25, -0.2) is 0 Å². The summed E-state index contributed by atoms with van der Waals surface area (Å²) in [6.45, 7) is 2.10. The van der Waals surface area contributed by atoms with Gasteiger partial charge >= 0.3 is 0 Å². The van der Waals surface area contributed by atoms with Crippen LogP contribution in [-0.4, -0.2) is 26.1 Å². The van der Waals surface area contributed by atoms with Crippen molar-refractivity contribution >= 4 is 23.2 Å². The van der Waals surface area contributed by atoms with Crippen molar-refractivity contribution in [2.75, 3.05) is 25.5 Å². The first-order valence-electron chi connectivity index (χ1n) is 6.53. The summed E-state index contributed by atoms with van der Waals surface area (Å²) in [5, 5.41) is 6.71. The summed E-state index contributed by atoms with van der Waals surface area (Å²) < 4.78 is 5.12. The van der Waals surface area contributed by atoms with Gasteiger partial charge in [0.05, 0.1) is 12.1 Å². The summed E-state index contributed by atoms with van der Waals surface area (Å²) in [6, 6.07) is 5.23. The molecule has 1 aromatic rings. The van der Waals surface area contributed by atoms with E-state index in [2.05, 4.69) is 10.6 Å². The molecule has 0 spiro atoms. The van der Waals surface area contributed by atoms with Gasteiger partial charge in [0.1, 0.15) is 5.75 Å². The number of carbonyl (C=O) groups excluding carboxylic acids is 1. The lowest BCUT2D eigenvalue weighted by Crippen LogP contribution is -2.15. The van der Waals surface area contributed by atoms with Crippen molar-refractivity contribution in [2.24, 2.45) is 5.92 Å². The molecule has 1 fully saturated rings. The van der Waals surface area contributed by atoms with E-state index in [0.29, 0.717) is 23.1 Å². The van der Waals surface area contributed by atoms with E-state index in [0.717, 1.165) is 25.2 Å². The zero-order valence-corrected chi connectivity index (χ0v) is 11.8. The van der Waals surface area contributed by atoms with E-state index in [-0.39, 0.29) is 5.91 Å². The largest absolute Gasteiger partial charge is 0.495 e. The highest BCUT2D eigenvalue weighted by atomic mass is 35.5. The second kappa shape index (κ2) is 6.78. The molecule has 5 heteroatoms. The van der Waals surface area contributed by atoms with Crippen LogP contribution >= 0.6 is 11.6 Å². The molecular formula is C14H19ClN2O2. The maximum absolute atomic E-state index is 11.8. The van der Waals surface area contributed by atoms with Crippen LogP contribution in [0.5, 0.6) is 5.75 Å². The standard InChI is InChI=1S/C14H19ClN2O2/c1-19-13-8-11(3-4-12(13)15)17-14(18)5-2-10-6-7-16-9-10/h3-4,8,10,16H,2,5-7,9H2,1H3,(H,17,18). The number of halogens is 1. The molecule has 1 aromatic carbocycles. The lowest BCUT2D eigenvalue weighted by Gasteiger charge is -2.10. The Bertz CT molecular complexity index is 445. The Balaban J connectivity index is 1.84. The minimum absolute atomic E-state index is 0.0382. The number of ether oxygens (including phenoxy) is 1. The molecule has 1 amide bonds. The first kappa shape index (κ1) is 14.2. The van der Waals surface area contributed by atoms with Gasteiger partial charge in [-0.3, -0.25) is 4.79 Å². The zero-order valence-electron chi connectivity index (χ0n) is 11.0. The maximum atomic E-state index is 11.8. The predicted octanol–water partition coefficient (Wildman–Crippen LogP) is 2.68. The summed E-state index contributed by atoms with van der Waals surface area (Å²) in [4.78, 5) is 11.8. The predicted molar refractivity (Wildman–Crippen MR) is 76.8 cm³/mol. The summed E-state index contributed by atoms with van der Waals surface area (Å²) in [6.07, 6.45) is 2.66. The van der Waals surface area contributed by atoms with Crippen LogP contribution in [0.15, 0.2) is 18.2 Å². The van der Waals surface area contributed by atoms with Crippen LogP contribution in [0.25, 0.3) is 0 Å². The van der Waals surface area contributed by atoms with Gasteiger partial charge in [0.2, 0.25) is 5.91 Å². The second-order valence-electron chi connectivity index (χ2n) is 4.80. The van der Waals surface area contributed by atoms with Gasteiger partial charge in [0.25, 0.3) is 0 Å². The topological polar surface area (TPSA) is 50.4 Å². The van der Waals surface area contributed by atoms with E-state index in [9.17, 15) is 4.79 Å². The number of benzene rings is 1. The van der Waals surface area contributed by atoms with Crippen LogP contribution < -0.4 is 15.4 Å². The fourth-order valence-electron chi connectivity index (χ4n) is 2.26. The molecule has 1 unspecified atom stereocenters. The molecule has 1 aliphatic rings. The molecule has 0 aromatic heterocycles. The molecule has 1 atom stereocenters. The Kier molecular flexibility index (Phi) is 5.05. The van der Waals surface area contributed by atoms with Gasteiger partial charge in [0.15, 0.2) is 0 Å². The van der Waals surface area contributed by atoms with Gasteiger partial charge in [-0.1, -0.05) is 11.6 Å². The van der Waals surface area contributed by atoms with Gasteiger partial charge < -0.3 is 15.4 Å². The van der Waals surface area contributed by atoms with Crippen molar-refractivity contribution in [2.45, 2.75) is 19.3 Å². The van der Waals surface area contributed by atoms with E-state index in [1.54, 1.807) is 25.3 Å². The quantitative estimate of drug-likeness (QED) is 0.873. The van der Waals surface area contributed by atoms with Crippen molar-refractivity contribution < 1.29 is 9.53 Å². The van der Waals surface area contributed by atoms with E-state index < -0.39 is 0 Å². The Labute approximate surface area is 118 Å². The second-order valence-corrected chi connectivity index (χ2v) is 5.20. The van der Waals surface area contributed by atoms with Gasteiger partial charge in [-0.05, 0) is 44.0 Å². The zero-order chi connectivity index (χ0) is 13.7. The van der Waals surface area contributed by atoms with Crippen LogP contribution in [0.4, 0.5) is 5.69 Å². The SMILES string of the molecule is COc1cc(NC(=O)CCC2CCNC2)ccc1Cl. The lowest BCUT2D eigenvalue weighted by atomic mass is 10.0. The van der Waals surface area contributed by atoms with Crippen LogP contribution in [0.1, 0.15) is 19.3 Å². The smallest absolute Gasteiger partial charge is 0.224 e. The minimum atomic E-state index is 0.0382. The third-order valence-electron chi connectivity index (χ3n) is 3.38. The number of nitrogens with one attached hydrogen (secondary N) is 2. The van der Waals surface area contributed by atoms with Crippen molar-refractivity contribution in [3.05, 3.63) is 23.2 Å². The number of amides is 1. The van der Waals surface area contributed by atoms with E-state index >= 15 is 0 Å². The molecule has 19 heavy (non-hydrogen) atoms. The Hall–Kier alpha value is -1.26. The maximum Gasteiger partial charge on any atom is 0.224 e. The average molecular weight is 283 g/mol. The number of rotatable bonds is 5. The molecule has 4 nitrogen and oxygen atoms in total. The lowest BCUT2D eigenvalue weighted by molar-refractivity contribution is -0.116. The Morgan fingerprint density at radius 2 is 2.42 bits per heavy atom. The Morgan fingerprint density at radius 1 is 1.58 bits per heavy atom. The monoisotopic (exact) mass is 282 g/mol. The third-order valence-corrected chi connectivity index (χ3v) is 3.69. The number of hydrogen-bond donors (Lipinski definition) is 2. The first-order valence-corrected chi connectivity index (χ1v) is 6.91. The van der Waals surface area contributed by atoms with Crippen molar-refractivity contribution in [3.8, 4) is 5.75 Å². The highest BCUT2D eigenvalue weighted by molar-refractivity contribution is 6.32. The number of carbonyl (C=O) groups is 1. The highest BCUT2D eigenvalue weighted by Gasteiger charge is 2.15. The molecular weight excluding hydrogens is 264 g/mol. The molecule has 1 saturated heterocycles. The van der Waals surface area contributed by atoms with E-state index in [1.165, 1.54) is 6.42 Å². The first-order chi connectivity index (χ1) is 9.19. The summed E-state index contributed by atoms with van der Waals surface area (Å²) >= 11 is 5.94. The third kappa shape index (κ3) is 4.11. The number of methoxy groups -OCH3 is 1. The van der Waals surface area contributed by atoms with Crippen LogP contribution in [0.3, 0.4) is 0 Å². The average Bonchev–Trinajstić information content (AvgIpc) is 2.92. The molecule has 2 N–H and O–H groups in total. The van der Waals surface area contributed by atoms with Crippen LogP contribution in [-0.2, 0) is 4.79 Å². The molecule has 1 heterocycles. The number of anilines is 1. The highest BCUT2D eigenvalue weighted by Crippen LogP contribution is 2.27. The van der Waals surface area contributed by atoms with Crippen LogP contribution in [0.2, 0.25) is 5.02 Å². The number of hydrogen-bond acceptors (Lipinski definition) is 3. The fraction of sp³-hybridized carbons (Fsp3) is 0.500. The summed E-state index contributed by atoms with van der Waals surface area (Å²) in [5.41, 5.74) is 0.718. The Morgan fingerprint density at radius 3 is 3.11 bits per heavy atom. The van der Waals surface area contributed by atoms with Crippen molar-refractivity contribution in [1.82, 2.24) is 5.32 Å². The molecule has 0 bridgehead atoms. The molecule has 1 aliphatic heterocycles. The van der Waals surface area contributed by atoms with Gasteiger partial charge in [-0.15, -0.1) is 0 Å². The van der Waals surface area contributed by atoms with E-state index in [4.69, 9.17) is 16.3 Å². The van der Waals surface area contributed by atoms with Gasteiger partial charge in [-0.2, -0.15) is 0 Å². The summed E-state index contributed by atoms with van der Waals surface area (Å²) in [5.74, 6) is 1.24. The van der Waals surface area contributed by atoms with E-state index in [1.807, 2.05) is 0 Å². The van der Waals surface area contributed by atoms with Crippen molar-refractivity contribution in [1.29, 1.82) is 0 Å². The van der Waals surface area contributed by atoms with Crippen molar-refractivity contribution in [3.63, 3.8) is 0 Å². The molecule has 0 saturated carbocycles. The molecule has 0 radical (unpaired) electrons. The normalized spacial score (nSPS) is 18.3. The molecule has 2 rings (SSSR count). The van der Waals surface area contributed by atoms with Crippen LogP contribution in [0, 0.1) is 5.92 Å². The summed E-state index contributed by atoms with van der Waals surface area (Å²) in [7, 11) is 1.56. The van der Waals surface area contributed by atoms with Gasteiger partial charge in [0, 0.05) is 18.2 Å². The molecule has 0 aliphatic carbocycles. The minimum Gasteiger partial charge on any atom is -0.495 e.